The summed E-state index contributed by atoms with van der Waals surface area (Å²) in [4.78, 5) is 10.4. The van der Waals surface area contributed by atoms with Crippen molar-refractivity contribution >= 4 is 11.7 Å². The van der Waals surface area contributed by atoms with Crippen molar-refractivity contribution in [1.82, 2.24) is 0 Å². The van der Waals surface area contributed by atoms with E-state index in [1.807, 2.05) is 0 Å². The first-order valence-electron chi connectivity index (χ1n) is 4.60. The van der Waals surface area contributed by atoms with E-state index in [2.05, 4.69) is 5.32 Å². The molecule has 0 saturated carbocycles. The summed E-state index contributed by atoms with van der Waals surface area (Å²) in [6, 6.07) is 3.06. The Balaban J connectivity index is 2.69. The van der Waals surface area contributed by atoms with Gasteiger partial charge >= 0.3 is 5.97 Å². The summed E-state index contributed by atoms with van der Waals surface area (Å²) in [5, 5.41) is 11.2. The predicted octanol–water partition coefficient (Wildman–Crippen LogP) is 0.658. The molecule has 0 aliphatic heterocycles. The Bertz CT molecular complexity index is 384. The first-order chi connectivity index (χ1) is 7.54. The monoisotopic (exact) mass is 228 g/mol. The van der Waals surface area contributed by atoms with Crippen LogP contribution < -0.4 is 15.8 Å². The molecule has 0 amide bonds. The van der Waals surface area contributed by atoms with E-state index in [1.54, 1.807) is 0 Å². The van der Waals surface area contributed by atoms with Gasteiger partial charge in [0.2, 0.25) is 0 Å². The summed E-state index contributed by atoms with van der Waals surface area (Å²) in [5.74, 6) is -1.15. The quantitative estimate of drug-likeness (QED) is 0.689. The molecule has 16 heavy (non-hydrogen) atoms. The van der Waals surface area contributed by atoms with E-state index in [4.69, 9.17) is 15.6 Å². The number of nitrogens with two attached hydrogens (primary N) is 1. The standard InChI is InChI=1S/C10H13FN2O3/c1-16-6-2-3-7(11)9(4-6)13-5-8(12)10(14)15/h2-4,8,13H,5,12H2,1H3,(H,14,15). The number of hydrogen-bond acceptors (Lipinski definition) is 4. The highest BCUT2D eigenvalue weighted by atomic mass is 19.1. The van der Waals surface area contributed by atoms with Crippen molar-refractivity contribution in [2.45, 2.75) is 6.04 Å². The molecule has 1 rings (SSSR count). The Morgan fingerprint density at radius 3 is 2.94 bits per heavy atom. The summed E-state index contributed by atoms with van der Waals surface area (Å²) in [6.07, 6.45) is 0. The zero-order valence-electron chi connectivity index (χ0n) is 8.74. The van der Waals surface area contributed by atoms with Crippen molar-refractivity contribution in [1.29, 1.82) is 0 Å². The van der Waals surface area contributed by atoms with Crippen LogP contribution >= 0.6 is 0 Å². The molecule has 0 aromatic heterocycles. The van der Waals surface area contributed by atoms with Gasteiger partial charge < -0.3 is 20.9 Å². The maximum atomic E-state index is 13.3. The minimum Gasteiger partial charge on any atom is -0.497 e. The molecule has 1 aromatic carbocycles. The Kier molecular flexibility index (Phi) is 4.07. The number of carboxylic acids is 1. The highest BCUT2D eigenvalue weighted by molar-refractivity contribution is 5.74. The number of carboxylic acid groups (broad SMARTS) is 1. The molecule has 4 N–H and O–H groups in total. The third-order valence-electron chi connectivity index (χ3n) is 2.00. The molecule has 1 atom stereocenters. The topological polar surface area (TPSA) is 84.6 Å². The van der Waals surface area contributed by atoms with Gasteiger partial charge in [0.1, 0.15) is 17.6 Å². The van der Waals surface area contributed by atoms with Crippen molar-refractivity contribution in [3.05, 3.63) is 24.0 Å². The van der Waals surface area contributed by atoms with Crippen LogP contribution in [0, 0.1) is 5.82 Å². The smallest absolute Gasteiger partial charge is 0.322 e. The van der Waals surface area contributed by atoms with Gasteiger partial charge in [-0.1, -0.05) is 0 Å². The number of benzene rings is 1. The van der Waals surface area contributed by atoms with E-state index in [9.17, 15) is 9.18 Å². The number of rotatable bonds is 5. The van der Waals surface area contributed by atoms with E-state index >= 15 is 0 Å². The molecule has 0 aliphatic rings. The van der Waals surface area contributed by atoms with Crippen molar-refractivity contribution in [2.75, 3.05) is 19.0 Å². The van der Waals surface area contributed by atoms with Gasteiger partial charge in [-0.25, -0.2) is 4.39 Å². The van der Waals surface area contributed by atoms with E-state index in [0.717, 1.165) is 0 Å². The van der Waals surface area contributed by atoms with Crippen molar-refractivity contribution in [2.24, 2.45) is 5.73 Å². The Morgan fingerprint density at radius 2 is 2.38 bits per heavy atom. The highest BCUT2D eigenvalue weighted by Gasteiger charge is 2.12. The predicted molar refractivity (Wildman–Crippen MR) is 57.1 cm³/mol. The molecule has 88 valence electrons. The second-order valence-corrected chi connectivity index (χ2v) is 3.17. The van der Waals surface area contributed by atoms with Crippen LogP contribution in [0.1, 0.15) is 0 Å². The van der Waals surface area contributed by atoms with Gasteiger partial charge in [0.05, 0.1) is 12.8 Å². The summed E-state index contributed by atoms with van der Waals surface area (Å²) < 4.78 is 18.2. The van der Waals surface area contributed by atoms with Crippen LogP contribution in [-0.4, -0.2) is 30.8 Å². The molecule has 1 unspecified atom stereocenters. The van der Waals surface area contributed by atoms with Gasteiger partial charge in [0, 0.05) is 12.6 Å². The molecule has 5 nitrogen and oxygen atoms in total. The van der Waals surface area contributed by atoms with Gasteiger partial charge in [-0.05, 0) is 12.1 Å². The van der Waals surface area contributed by atoms with Crippen LogP contribution in [0.3, 0.4) is 0 Å². The lowest BCUT2D eigenvalue weighted by atomic mass is 10.2. The van der Waals surface area contributed by atoms with Crippen LogP contribution in [-0.2, 0) is 4.79 Å². The van der Waals surface area contributed by atoms with Crippen LogP contribution in [0.15, 0.2) is 18.2 Å². The van der Waals surface area contributed by atoms with Crippen LogP contribution in [0.25, 0.3) is 0 Å². The maximum absolute atomic E-state index is 13.3. The average Bonchev–Trinajstić information content (AvgIpc) is 2.27. The Hall–Kier alpha value is -1.82. The average molecular weight is 228 g/mol. The summed E-state index contributed by atoms with van der Waals surface area (Å²) in [5.41, 5.74) is 5.43. The second kappa shape index (κ2) is 5.32. The minimum atomic E-state index is -1.14. The van der Waals surface area contributed by atoms with Gasteiger partial charge in [-0.15, -0.1) is 0 Å². The van der Waals surface area contributed by atoms with Crippen molar-refractivity contribution in [3.63, 3.8) is 0 Å². The van der Waals surface area contributed by atoms with Gasteiger partial charge in [0.25, 0.3) is 0 Å². The number of halogens is 1. The molecular formula is C10H13FN2O3. The number of anilines is 1. The molecule has 0 heterocycles. The van der Waals surface area contributed by atoms with Gasteiger partial charge in [-0.3, -0.25) is 4.79 Å². The minimum absolute atomic E-state index is 0.0561. The SMILES string of the molecule is COc1ccc(F)c(NCC(N)C(=O)O)c1. The zero-order chi connectivity index (χ0) is 12.1. The van der Waals surface area contributed by atoms with E-state index in [-0.39, 0.29) is 12.2 Å². The second-order valence-electron chi connectivity index (χ2n) is 3.17. The molecule has 0 saturated heterocycles. The maximum Gasteiger partial charge on any atom is 0.322 e. The third kappa shape index (κ3) is 3.09. The van der Waals surface area contributed by atoms with Crippen LogP contribution in [0.4, 0.5) is 10.1 Å². The molecule has 6 heteroatoms. The van der Waals surface area contributed by atoms with Crippen LogP contribution in [0.5, 0.6) is 5.75 Å². The van der Waals surface area contributed by atoms with Gasteiger partial charge in [0.15, 0.2) is 0 Å². The molecule has 1 aromatic rings. The number of carbonyl (C=O) groups is 1. The highest BCUT2D eigenvalue weighted by Crippen LogP contribution is 2.20. The third-order valence-corrected chi connectivity index (χ3v) is 2.00. The van der Waals surface area contributed by atoms with E-state index in [1.165, 1.54) is 25.3 Å². The van der Waals surface area contributed by atoms with E-state index < -0.39 is 17.8 Å². The normalized spacial score (nSPS) is 11.9. The first-order valence-corrected chi connectivity index (χ1v) is 4.60. The van der Waals surface area contributed by atoms with Crippen molar-refractivity contribution in [3.8, 4) is 5.75 Å². The fourth-order valence-electron chi connectivity index (χ4n) is 1.07. The number of aliphatic carboxylic acids is 1. The fourth-order valence-corrected chi connectivity index (χ4v) is 1.07. The summed E-state index contributed by atoms with van der Waals surface area (Å²) in [6.45, 7) is -0.0561. The molecule has 0 aliphatic carbocycles. The van der Waals surface area contributed by atoms with E-state index in [0.29, 0.717) is 5.75 Å². The molecule has 0 radical (unpaired) electrons. The first kappa shape index (κ1) is 12.3. The molecular weight excluding hydrogens is 215 g/mol. The van der Waals surface area contributed by atoms with Gasteiger partial charge in [-0.2, -0.15) is 0 Å². The Morgan fingerprint density at radius 1 is 1.69 bits per heavy atom. The lowest BCUT2D eigenvalue weighted by molar-refractivity contribution is -0.138. The zero-order valence-corrected chi connectivity index (χ0v) is 8.74. The summed E-state index contributed by atoms with van der Waals surface area (Å²) in [7, 11) is 1.46. The Labute approximate surface area is 92.0 Å². The lowest BCUT2D eigenvalue weighted by Crippen LogP contribution is -2.37. The summed E-state index contributed by atoms with van der Waals surface area (Å²) >= 11 is 0. The number of nitrogens with one attached hydrogen (secondary N) is 1. The molecule has 0 fully saturated rings. The van der Waals surface area contributed by atoms with Crippen LogP contribution in [0.2, 0.25) is 0 Å². The number of hydrogen-bond donors (Lipinski definition) is 3. The van der Waals surface area contributed by atoms with Crippen molar-refractivity contribution < 1.29 is 19.0 Å². The number of ether oxygens (including phenoxy) is 1. The molecule has 0 spiro atoms. The number of methoxy groups -OCH3 is 1. The largest absolute Gasteiger partial charge is 0.497 e. The molecule has 0 bridgehead atoms. The lowest BCUT2D eigenvalue weighted by Gasteiger charge is -2.11. The fraction of sp³-hybridized carbons (Fsp3) is 0.300.